The molecule has 0 saturated carbocycles. The molecule has 1 amide bonds. The fourth-order valence-electron chi connectivity index (χ4n) is 3.49. The van der Waals surface area contributed by atoms with Crippen molar-refractivity contribution < 1.29 is 22.7 Å². The monoisotopic (exact) mass is 382 g/mol. The molecule has 0 N–H and O–H groups in total. The van der Waals surface area contributed by atoms with Gasteiger partial charge in [0.1, 0.15) is 0 Å². The summed E-state index contributed by atoms with van der Waals surface area (Å²) in [5.41, 5.74) is 1.04. The van der Waals surface area contributed by atoms with Crippen LogP contribution >= 0.6 is 0 Å². The van der Waals surface area contributed by atoms with Crippen LogP contribution in [0.3, 0.4) is 0 Å². The molecule has 3 rings (SSSR count). The summed E-state index contributed by atoms with van der Waals surface area (Å²) in [6.07, 6.45) is 2.04. The summed E-state index contributed by atoms with van der Waals surface area (Å²) in [5, 5.41) is 0. The van der Waals surface area contributed by atoms with Gasteiger partial charge >= 0.3 is 0 Å². The van der Waals surface area contributed by atoms with Crippen LogP contribution in [0.1, 0.15) is 25.3 Å². The predicted octanol–water partition coefficient (Wildman–Crippen LogP) is 1.48. The van der Waals surface area contributed by atoms with E-state index < -0.39 is 10.0 Å². The molecule has 2 heterocycles. The summed E-state index contributed by atoms with van der Waals surface area (Å²) < 4.78 is 36.0. The van der Waals surface area contributed by atoms with Gasteiger partial charge in [0.05, 0.1) is 5.75 Å². The van der Waals surface area contributed by atoms with Crippen molar-refractivity contribution in [3.8, 4) is 11.5 Å². The number of likely N-dealkylation sites (tertiary alicyclic amines) is 1. The molecule has 26 heavy (non-hydrogen) atoms. The standard InChI is InChI=1S/C18H26N2O5S/c1-18(11-14-4-5-15-16(10-14)25-13-24-15)7-6-17(21)20(12-18)8-9-26(22,23)19(2)3/h4-5,10H,6-9,11-13H2,1-3H3/t18-/m0/s1. The number of sulfonamides is 1. The van der Waals surface area contributed by atoms with Gasteiger partial charge in [0.15, 0.2) is 11.5 Å². The van der Waals surface area contributed by atoms with Crippen molar-refractivity contribution >= 4 is 15.9 Å². The number of amides is 1. The highest BCUT2D eigenvalue weighted by atomic mass is 32.2. The van der Waals surface area contributed by atoms with E-state index in [0.29, 0.717) is 13.0 Å². The predicted molar refractivity (Wildman–Crippen MR) is 97.7 cm³/mol. The lowest BCUT2D eigenvalue weighted by Crippen LogP contribution is -2.48. The van der Waals surface area contributed by atoms with Gasteiger partial charge in [-0.25, -0.2) is 12.7 Å². The van der Waals surface area contributed by atoms with Crippen LogP contribution in [0.4, 0.5) is 0 Å². The van der Waals surface area contributed by atoms with Crippen molar-refractivity contribution in [1.29, 1.82) is 0 Å². The Balaban J connectivity index is 1.67. The Morgan fingerprint density at radius 1 is 1.23 bits per heavy atom. The van der Waals surface area contributed by atoms with Crippen LogP contribution in [-0.4, -0.2) is 63.3 Å². The van der Waals surface area contributed by atoms with Crippen molar-refractivity contribution in [2.75, 3.05) is 39.7 Å². The second-order valence-electron chi connectivity index (χ2n) is 7.59. The van der Waals surface area contributed by atoms with Gasteiger partial charge in [-0.15, -0.1) is 0 Å². The molecule has 0 aromatic heterocycles. The molecule has 1 atom stereocenters. The van der Waals surface area contributed by atoms with Gasteiger partial charge < -0.3 is 14.4 Å². The number of rotatable bonds is 6. The Hall–Kier alpha value is -1.80. The molecule has 2 aliphatic rings. The van der Waals surface area contributed by atoms with Crippen LogP contribution < -0.4 is 9.47 Å². The smallest absolute Gasteiger partial charge is 0.231 e. The SMILES string of the molecule is CN(C)S(=O)(=O)CCN1C[C@](C)(Cc2ccc3c(c2)OCO3)CCC1=O. The number of piperidine rings is 1. The topological polar surface area (TPSA) is 76.2 Å². The molecule has 7 nitrogen and oxygen atoms in total. The molecule has 144 valence electrons. The third kappa shape index (κ3) is 4.12. The van der Waals surface area contributed by atoms with Crippen LogP contribution in [0.5, 0.6) is 11.5 Å². The van der Waals surface area contributed by atoms with Gasteiger partial charge in [-0.2, -0.15) is 0 Å². The molecule has 0 unspecified atom stereocenters. The number of benzene rings is 1. The van der Waals surface area contributed by atoms with Crippen molar-refractivity contribution in [1.82, 2.24) is 9.21 Å². The zero-order chi connectivity index (χ0) is 18.9. The highest BCUT2D eigenvalue weighted by Gasteiger charge is 2.35. The van der Waals surface area contributed by atoms with Crippen molar-refractivity contribution in [3.05, 3.63) is 23.8 Å². The number of nitrogens with zero attached hydrogens (tertiary/aromatic N) is 2. The van der Waals surface area contributed by atoms with Gasteiger partial charge in [0.25, 0.3) is 0 Å². The molecule has 0 spiro atoms. The van der Waals surface area contributed by atoms with Crippen molar-refractivity contribution in [2.45, 2.75) is 26.2 Å². The molecular formula is C18H26N2O5S. The van der Waals surface area contributed by atoms with Crippen molar-refractivity contribution in [2.24, 2.45) is 5.41 Å². The summed E-state index contributed by atoms with van der Waals surface area (Å²) in [5.74, 6) is 1.49. The normalized spacial score (nSPS) is 22.9. The third-order valence-electron chi connectivity index (χ3n) is 5.11. The Kier molecular flexibility index (Phi) is 5.16. The van der Waals surface area contributed by atoms with E-state index in [1.807, 2.05) is 18.2 Å². The van der Waals surface area contributed by atoms with E-state index in [1.54, 1.807) is 4.90 Å². The maximum atomic E-state index is 12.3. The first-order chi connectivity index (χ1) is 12.2. The lowest BCUT2D eigenvalue weighted by atomic mass is 9.76. The first-order valence-corrected chi connectivity index (χ1v) is 10.4. The van der Waals surface area contributed by atoms with E-state index in [-0.39, 0.29) is 30.4 Å². The highest BCUT2D eigenvalue weighted by molar-refractivity contribution is 7.89. The van der Waals surface area contributed by atoms with E-state index >= 15 is 0 Å². The highest BCUT2D eigenvalue weighted by Crippen LogP contribution is 2.37. The summed E-state index contributed by atoms with van der Waals surface area (Å²) in [4.78, 5) is 13.9. The number of hydrogen-bond acceptors (Lipinski definition) is 5. The number of hydrogen-bond donors (Lipinski definition) is 0. The fraction of sp³-hybridized carbons (Fsp3) is 0.611. The van der Waals surface area contributed by atoms with E-state index in [9.17, 15) is 13.2 Å². The number of ether oxygens (including phenoxy) is 2. The van der Waals surface area contributed by atoms with Crippen LogP contribution in [0.2, 0.25) is 0 Å². The summed E-state index contributed by atoms with van der Waals surface area (Å²) >= 11 is 0. The maximum absolute atomic E-state index is 12.3. The minimum Gasteiger partial charge on any atom is -0.454 e. The van der Waals surface area contributed by atoms with E-state index in [0.717, 1.165) is 29.9 Å². The molecule has 1 aromatic rings. The zero-order valence-corrected chi connectivity index (χ0v) is 16.3. The van der Waals surface area contributed by atoms with Crippen LogP contribution in [0, 0.1) is 5.41 Å². The van der Waals surface area contributed by atoms with Gasteiger partial charge in [0, 0.05) is 33.6 Å². The minimum absolute atomic E-state index is 0.0297. The summed E-state index contributed by atoms with van der Waals surface area (Å²) in [6.45, 7) is 3.19. The maximum Gasteiger partial charge on any atom is 0.231 e. The first-order valence-electron chi connectivity index (χ1n) is 8.75. The third-order valence-corrected chi connectivity index (χ3v) is 6.92. The molecule has 2 aliphatic heterocycles. The molecule has 0 bridgehead atoms. The first kappa shape index (κ1) is 19.0. The average Bonchev–Trinajstić information content (AvgIpc) is 3.03. The minimum atomic E-state index is -3.31. The summed E-state index contributed by atoms with van der Waals surface area (Å²) in [6, 6.07) is 5.93. The van der Waals surface area contributed by atoms with Gasteiger partial charge in [0.2, 0.25) is 22.7 Å². The number of carbonyl (C=O) groups excluding carboxylic acids is 1. The Labute approximate surface area is 154 Å². The molecule has 1 saturated heterocycles. The number of fused-ring (bicyclic) bond motifs is 1. The molecule has 1 aromatic carbocycles. The van der Waals surface area contributed by atoms with Crippen LogP contribution in [0.25, 0.3) is 0 Å². The summed E-state index contributed by atoms with van der Waals surface area (Å²) in [7, 11) is -0.293. The number of carbonyl (C=O) groups is 1. The largest absolute Gasteiger partial charge is 0.454 e. The van der Waals surface area contributed by atoms with Gasteiger partial charge in [-0.05, 0) is 36.0 Å². The van der Waals surface area contributed by atoms with E-state index in [2.05, 4.69) is 6.92 Å². The molecular weight excluding hydrogens is 356 g/mol. The lowest BCUT2D eigenvalue weighted by molar-refractivity contribution is -0.136. The quantitative estimate of drug-likeness (QED) is 0.745. The Bertz CT molecular complexity index is 793. The molecule has 1 fully saturated rings. The molecule has 0 radical (unpaired) electrons. The van der Waals surface area contributed by atoms with Crippen LogP contribution in [0.15, 0.2) is 18.2 Å². The lowest BCUT2D eigenvalue weighted by Gasteiger charge is -2.40. The van der Waals surface area contributed by atoms with Crippen LogP contribution in [-0.2, 0) is 21.2 Å². The van der Waals surface area contributed by atoms with E-state index in [1.165, 1.54) is 18.4 Å². The zero-order valence-electron chi connectivity index (χ0n) is 15.5. The van der Waals surface area contributed by atoms with Crippen molar-refractivity contribution in [3.63, 3.8) is 0 Å². The fourth-order valence-corrected chi connectivity index (χ4v) is 4.31. The average molecular weight is 382 g/mol. The second-order valence-corrected chi connectivity index (χ2v) is 9.89. The Morgan fingerprint density at radius 2 is 1.96 bits per heavy atom. The second kappa shape index (κ2) is 7.08. The van der Waals surface area contributed by atoms with Gasteiger partial charge in [-0.3, -0.25) is 4.79 Å². The molecule has 8 heteroatoms. The van der Waals surface area contributed by atoms with E-state index in [4.69, 9.17) is 9.47 Å². The Morgan fingerprint density at radius 3 is 2.69 bits per heavy atom. The molecule has 0 aliphatic carbocycles. The van der Waals surface area contributed by atoms with Gasteiger partial charge in [-0.1, -0.05) is 13.0 Å².